The fourth-order valence-electron chi connectivity index (χ4n) is 2.32. The van der Waals surface area contributed by atoms with Crippen LogP contribution in [0.4, 0.5) is 5.69 Å². The maximum atomic E-state index is 9.98. The molecule has 0 fully saturated rings. The fourth-order valence-corrected chi connectivity index (χ4v) is 2.69. The second-order valence-electron chi connectivity index (χ2n) is 5.33. The summed E-state index contributed by atoms with van der Waals surface area (Å²) in [4.78, 5) is 0. The van der Waals surface area contributed by atoms with E-state index < -0.39 is 0 Å². The van der Waals surface area contributed by atoms with Crippen molar-refractivity contribution < 1.29 is 5.11 Å². The van der Waals surface area contributed by atoms with Crippen LogP contribution in [-0.4, -0.2) is 11.3 Å². The molecular formula is C20H17BrN2O. The number of anilines is 1. The summed E-state index contributed by atoms with van der Waals surface area (Å²) in [5, 5.41) is 16.5. The van der Waals surface area contributed by atoms with E-state index in [1.165, 1.54) is 0 Å². The number of aromatic hydroxyl groups is 1. The monoisotopic (exact) mass is 380 g/mol. The highest BCUT2D eigenvalue weighted by Crippen LogP contribution is 2.22. The second-order valence-corrected chi connectivity index (χ2v) is 6.24. The minimum absolute atomic E-state index is 0.203. The Morgan fingerprint density at radius 1 is 0.917 bits per heavy atom. The van der Waals surface area contributed by atoms with Gasteiger partial charge in [0.05, 0.1) is 18.4 Å². The predicted molar refractivity (Wildman–Crippen MR) is 102 cm³/mol. The van der Waals surface area contributed by atoms with Gasteiger partial charge < -0.3 is 5.11 Å². The van der Waals surface area contributed by atoms with E-state index in [-0.39, 0.29) is 5.75 Å². The van der Waals surface area contributed by atoms with E-state index in [2.05, 4.69) is 33.2 Å². The quantitative estimate of drug-likeness (QED) is 0.487. The third-order valence-electron chi connectivity index (χ3n) is 3.56. The lowest BCUT2D eigenvalue weighted by Crippen LogP contribution is -2.16. The highest BCUT2D eigenvalue weighted by molar-refractivity contribution is 9.10. The minimum Gasteiger partial charge on any atom is -0.507 e. The number of benzene rings is 3. The Labute approximate surface area is 150 Å². The van der Waals surface area contributed by atoms with Crippen molar-refractivity contribution in [2.45, 2.75) is 6.54 Å². The van der Waals surface area contributed by atoms with Gasteiger partial charge in [0.1, 0.15) is 5.75 Å². The van der Waals surface area contributed by atoms with Crippen molar-refractivity contribution in [3.8, 4) is 5.75 Å². The number of phenolic OH excluding ortho intramolecular Hbond substituents is 1. The van der Waals surface area contributed by atoms with Gasteiger partial charge in [-0.25, -0.2) is 0 Å². The zero-order valence-corrected chi connectivity index (χ0v) is 14.6. The summed E-state index contributed by atoms with van der Waals surface area (Å²) >= 11 is 3.42. The molecule has 0 atom stereocenters. The fraction of sp³-hybridized carbons (Fsp3) is 0.0500. The normalized spacial score (nSPS) is 10.9. The Balaban J connectivity index is 1.90. The molecule has 0 bridgehead atoms. The zero-order chi connectivity index (χ0) is 16.8. The van der Waals surface area contributed by atoms with Gasteiger partial charge in [-0.15, -0.1) is 0 Å². The van der Waals surface area contributed by atoms with Gasteiger partial charge >= 0.3 is 0 Å². The molecule has 0 saturated heterocycles. The van der Waals surface area contributed by atoms with Gasteiger partial charge in [0.2, 0.25) is 0 Å². The maximum Gasteiger partial charge on any atom is 0.124 e. The van der Waals surface area contributed by atoms with Crippen molar-refractivity contribution in [1.82, 2.24) is 0 Å². The summed E-state index contributed by atoms with van der Waals surface area (Å²) in [5.74, 6) is 0.203. The third-order valence-corrected chi connectivity index (χ3v) is 4.05. The average molecular weight is 381 g/mol. The molecule has 120 valence electrons. The Morgan fingerprint density at radius 2 is 1.58 bits per heavy atom. The predicted octanol–water partition coefficient (Wildman–Crippen LogP) is 5.20. The van der Waals surface area contributed by atoms with Crippen LogP contribution in [0.1, 0.15) is 11.1 Å². The highest BCUT2D eigenvalue weighted by Gasteiger charge is 2.06. The van der Waals surface area contributed by atoms with Crippen LogP contribution < -0.4 is 5.01 Å². The molecule has 0 amide bonds. The molecule has 0 aliphatic heterocycles. The maximum absolute atomic E-state index is 9.98. The van der Waals surface area contributed by atoms with Gasteiger partial charge in [-0.2, -0.15) is 5.10 Å². The highest BCUT2D eigenvalue weighted by atomic mass is 79.9. The SMILES string of the molecule is Oc1ccc(Br)cc1C=NN(Cc1ccccc1)c1ccccc1. The average Bonchev–Trinajstić information content (AvgIpc) is 2.63. The first-order chi connectivity index (χ1) is 11.7. The van der Waals surface area contributed by atoms with Crippen LogP contribution in [-0.2, 0) is 6.54 Å². The third kappa shape index (κ3) is 4.24. The van der Waals surface area contributed by atoms with E-state index in [4.69, 9.17) is 0 Å². The lowest BCUT2D eigenvalue weighted by molar-refractivity contribution is 0.474. The Hall–Kier alpha value is -2.59. The van der Waals surface area contributed by atoms with Crippen LogP contribution >= 0.6 is 15.9 Å². The molecule has 24 heavy (non-hydrogen) atoms. The first kappa shape index (κ1) is 16.3. The zero-order valence-electron chi connectivity index (χ0n) is 13.0. The van der Waals surface area contributed by atoms with Crippen molar-refractivity contribution in [2.24, 2.45) is 5.10 Å². The number of nitrogens with zero attached hydrogens (tertiary/aromatic N) is 2. The number of phenols is 1. The van der Waals surface area contributed by atoms with Gasteiger partial charge in [0.25, 0.3) is 0 Å². The van der Waals surface area contributed by atoms with E-state index in [1.54, 1.807) is 18.3 Å². The summed E-state index contributed by atoms with van der Waals surface area (Å²) in [5.41, 5.74) is 2.82. The summed E-state index contributed by atoms with van der Waals surface area (Å²) in [7, 11) is 0. The van der Waals surface area contributed by atoms with Crippen molar-refractivity contribution in [2.75, 3.05) is 5.01 Å². The van der Waals surface area contributed by atoms with Crippen molar-refractivity contribution in [3.63, 3.8) is 0 Å². The van der Waals surface area contributed by atoms with Gasteiger partial charge in [-0.3, -0.25) is 5.01 Å². The smallest absolute Gasteiger partial charge is 0.124 e. The van der Waals surface area contributed by atoms with E-state index in [0.29, 0.717) is 12.1 Å². The molecule has 3 nitrogen and oxygen atoms in total. The van der Waals surface area contributed by atoms with Crippen LogP contribution in [0.25, 0.3) is 0 Å². The van der Waals surface area contributed by atoms with Crippen LogP contribution in [0.5, 0.6) is 5.75 Å². The molecule has 0 spiro atoms. The number of rotatable bonds is 5. The lowest BCUT2D eigenvalue weighted by atomic mass is 10.2. The van der Waals surface area contributed by atoms with Gasteiger partial charge in [-0.1, -0.05) is 64.5 Å². The number of hydrogen-bond donors (Lipinski definition) is 1. The molecule has 0 unspecified atom stereocenters. The van der Waals surface area contributed by atoms with Crippen LogP contribution in [0.15, 0.2) is 88.4 Å². The molecular weight excluding hydrogens is 364 g/mol. The van der Waals surface area contributed by atoms with Crippen LogP contribution in [0.3, 0.4) is 0 Å². The largest absolute Gasteiger partial charge is 0.507 e. The standard InChI is InChI=1S/C20H17BrN2O/c21-18-11-12-20(24)17(13-18)14-22-23(19-9-5-2-6-10-19)15-16-7-3-1-4-8-16/h1-14,24H,15H2. The van der Waals surface area contributed by atoms with Gasteiger partial charge in [0, 0.05) is 10.0 Å². The van der Waals surface area contributed by atoms with E-state index >= 15 is 0 Å². The second kappa shape index (κ2) is 7.79. The molecule has 3 aromatic carbocycles. The molecule has 0 saturated carbocycles. The molecule has 0 aromatic heterocycles. The van der Waals surface area contributed by atoms with Crippen molar-refractivity contribution >= 4 is 27.8 Å². The summed E-state index contributed by atoms with van der Waals surface area (Å²) < 4.78 is 0.899. The first-order valence-electron chi connectivity index (χ1n) is 7.61. The Morgan fingerprint density at radius 3 is 2.29 bits per heavy atom. The number of halogens is 1. The molecule has 4 heteroatoms. The summed E-state index contributed by atoms with van der Waals surface area (Å²) in [6.07, 6.45) is 1.68. The molecule has 0 heterocycles. The topological polar surface area (TPSA) is 35.8 Å². The summed E-state index contributed by atoms with van der Waals surface area (Å²) in [6, 6.07) is 25.4. The molecule has 3 aromatic rings. The molecule has 0 aliphatic rings. The molecule has 0 radical (unpaired) electrons. The molecule has 3 rings (SSSR count). The lowest BCUT2D eigenvalue weighted by Gasteiger charge is -2.19. The summed E-state index contributed by atoms with van der Waals surface area (Å²) in [6.45, 7) is 0.649. The van der Waals surface area contributed by atoms with E-state index in [9.17, 15) is 5.11 Å². The molecule has 1 N–H and O–H groups in total. The van der Waals surface area contributed by atoms with E-state index in [1.807, 2.05) is 59.6 Å². The van der Waals surface area contributed by atoms with Crippen molar-refractivity contribution in [1.29, 1.82) is 0 Å². The number of hydrazone groups is 1. The number of para-hydroxylation sites is 1. The Bertz CT molecular complexity index is 820. The Kier molecular flexibility index (Phi) is 5.29. The van der Waals surface area contributed by atoms with Gasteiger partial charge in [0.15, 0.2) is 0 Å². The van der Waals surface area contributed by atoms with Crippen LogP contribution in [0.2, 0.25) is 0 Å². The number of hydrogen-bond acceptors (Lipinski definition) is 3. The molecule has 0 aliphatic carbocycles. The first-order valence-corrected chi connectivity index (χ1v) is 8.41. The van der Waals surface area contributed by atoms with Crippen LogP contribution in [0, 0.1) is 0 Å². The minimum atomic E-state index is 0.203. The van der Waals surface area contributed by atoms with E-state index in [0.717, 1.165) is 15.7 Å². The van der Waals surface area contributed by atoms with Crippen molar-refractivity contribution in [3.05, 3.63) is 94.5 Å². The van der Waals surface area contributed by atoms with Gasteiger partial charge in [-0.05, 0) is 35.9 Å².